The number of nitrogens with zero attached hydrogens (tertiary/aromatic N) is 4. The van der Waals surface area contributed by atoms with Crippen LogP contribution in [-0.2, 0) is 0 Å². The molecule has 5 nitrogen and oxygen atoms in total. The Morgan fingerprint density at radius 3 is 3.00 bits per heavy atom. The van der Waals surface area contributed by atoms with Crippen LogP contribution in [0.25, 0.3) is 5.69 Å². The molecule has 0 spiro atoms. The molecule has 19 heavy (non-hydrogen) atoms. The second-order valence-corrected chi connectivity index (χ2v) is 5.11. The Balaban J connectivity index is 2.06. The molecule has 0 aliphatic carbocycles. The smallest absolute Gasteiger partial charge is 0.256 e. The van der Waals surface area contributed by atoms with Crippen molar-refractivity contribution in [1.29, 1.82) is 0 Å². The van der Waals surface area contributed by atoms with Crippen LogP contribution in [0.15, 0.2) is 24.3 Å². The summed E-state index contributed by atoms with van der Waals surface area (Å²) < 4.78 is 2.03. The summed E-state index contributed by atoms with van der Waals surface area (Å²) in [6, 6.07) is 7.79. The van der Waals surface area contributed by atoms with Gasteiger partial charge in [0.25, 0.3) is 5.91 Å². The van der Waals surface area contributed by atoms with Crippen LogP contribution < -0.4 is 0 Å². The molecule has 96 valence electrons. The molecule has 1 aromatic heterocycles. The number of carbonyl (C=O) groups is 1. The number of amides is 1. The van der Waals surface area contributed by atoms with Crippen molar-refractivity contribution in [2.24, 2.45) is 0 Å². The van der Waals surface area contributed by atoms with Crippen molar-refractivity contribution >= 4 is 5.91 Å². The second kappa shape index (κ2) is 3.66. The van der Waals surface area contributed by atoms with E-state index in [4.69, 9.17) is 0 Å². The Morgan fingerprint density at radius 2 is 2.11 bits per heavy atom. The Morgan fingerprint density at radius 1 is 1.26 bits per heavy atom. The first kappa shape index (κ1) is 10.7. The highest BCUT2D eigenvalue weighted by molar-refractivity contribution is 5.98. The predicted octanol–water partition coefficient (Wildman–Crippen LogP) is 1.87. The second-order valence-electron chi connectivity index (χ2n) is 5.11. The molecule has 1 amide bonds. The fraction of sp³-hybridized carbons (Fsp3) is 0.357. The predicted molar refractivity (Wildman–Crippen MR) is 69.1 cm³/mol. The van der Waals surface area contributed by atoms with E-state index < -0.39 is 0 Å². The molecule has 0 bridgehead atoms. The van der Waals surface area contributed by atoms with E-state index in [1.807, 2.05) is 40.7 Å². The maximum absolute atomic E-state index is 12.7. The topological polar surface area (TPSA) is 51.0 Å². The highest BCUT2D eigenvalue weighted by Crippen LogP contribution is 2.37. The molecule has 3 heterocycles. The maximum Gasteiger partial charge on any atom is 0.256 e. The monoisotopic (exact) mass is 254 g/mol. The van der Waals surface area contributed by atoms with Crippen LogP contribution in [0, 0.1) is 6.92 Å². The third-order valence-electron chi connectivity index (χ3n) is 4.04. The first-order chi connectivity index (χ1) is 9.27. The maximum atomic E-state index is 12.7. The summed E-state index contributed by atoms with van der Waals surface area (Å²) in [6.07, 6.45) is 2.00. The first-order valence-corrected chi connectivity index (χ1v) is 6.59. The Bertz CT molecular complexity index is 676. The van der Waals surface area contributed by atoms with Gasteiger partial charge in [0.1, 0.15) is 5.82 Å². The summed E-state index contributed by atoms with van der Waals surface area (Å²) in [5.41, 5.74) is 1.65. The van der Waals surface area contributed by atoms with Gasteiger partial charge in [0.15, 0.2) is 5.82 Å². The molecule has 0 N–H and O–H groups in total. The van der Waals surface area contributed by atoms with Gasteiger partial charge in [-0.2, -0.15) is 0 Å². The molecule has 2 aliphatic rings. The van der Waals surface area contributed by atoms with E-state index >= 15 is 0 Å². The molecule has 5 heteroatoms. The largest absolute Gasteiger partial charge is 0.328 e. The number of aromatic nitrogens is 3. The molecule has 1 atom stereocenters. The molecule has 2 aromatic rings. The minimum Gasteiger partial charge on any atom is -0.328 e. The molecule has 2 aliphatic heterocycles. The molecule has 0 saturated carbocycles. The Kier molecular flexibility index (Phi) is 2.07. The highest BCUT2D eigenvalue weighted by atomic mass is 16.2. The van der Waals surface area contributed by atoms with E-state index in [0.717, 1.165) is 42.3 Å². The van der Waals surface area contributed by atoms with E-state index in [0.29, 0.717) is 0 Å². The zero-order valence-electron chi connectivity index (χ0n) is 10.7. The average molecular weight is 254 g/mol. The first-order valence-electron chi connectivity index (χ1n) is 6.59. The van der Waals surface area contributed by atoms with Crippen molar-refractivity contribution in [2.75, 3.05) is 6.54 Å². The lowest BCUT2D eigenvalue weighted by atomic mass is 10.1. The lowest BCUT2D eigenvalue weighted by Crippen LogP contribution is -2.29. The van der Waals surface area contributed by atoms with Crippen molar-refractivity contribution in [3.8, 4) is 5.69 Å². The molecule has 1 saturated heterocycles. The molecule has 0 radical (unpaired) electrons. The van der Waals surface area contributed by atoms with E-state index in [2.05, 4.69) is 10.2 Å². The number of carbonyl (C=O) groups excluding carboxylic acids is 1. The zero-order chi connectivity index (χ0) is 13.0. The van der Waals surface area contributed by atoms with E-state index in [1.165, 1.54) is 0 Å². The van der Waals surface area contributed by atoms with Crippen LogP contribution in [0.3, 0.4) is 0 Å². The normalized spacial score (nSPS) is 20.8. The van der Waals surface area contributed by atoms with Gasteiger partial charge in [0.2, 0.25) is 0 Å². The number of rotatable bonds is 0. The van der Waals surface area contributed by atoms with Gasteiger partial charge in [-0.15, -0.1) is 10.2 Å². The van der Waals surface area contributed by atoms with E-state index in [9.17, 15) is 4.79 Å². The number of aryl methyl sites for hydroxylation is 1. The zero-order valence-corrected chi connectivity index (χ0v) is 10.7. The number of para-hydroxylation sites is 1. The van der Waals surface area contributed by atoms with Crippen molar-refractivity contribution in [3.63, 3.8) is 0 Å². The van der Waals surface area contributed by atoms with Crippen molar-refractivity contribution < 1.29 is 4.79 Å². The van der Waals surface area contributed by atoms with Crippen LogP contribution in [-0.4, -0.2) is 32.1 Å². The van der Waals surface area contributed by atoms with Gasteiger partial charge in [-0.3, -0.25) is 9.36 Å². The quantitative estimate of drug-likeness (QED) is 0.721. The summed E-state index contributed by atoms with van der Waals surface area (Å²) in [7, 11) is 0. The SMILES string of the molecule is Cc1nnc2n1-c1ccccc1C(=O)N1CCC[C@@H]21. The van der Waals surface area contributed by atoms with Crippen molar-refractivity contribution in [3.05, 3.63) is 41.5 Å². The molecule has 1 aromatic carbocycles. The van der Waals surface area contributed by atoms with Gasteiger partial charge < -0.3 is 4.90 Å². The standard InChI is InChI=1S/C14H14N4O/c1-9-15-16-13-12-7-4-8-17(12)14(19)10-5-2-3-6-11(10)18(9)13/h2-3,5-6,12H,4,7-8H2,1H3/t12-/m0/s1. The molecular weight excluding hydrogens is 240 g/mol. The van der Waals surface area contributed by atoms with Crippen LogP contribution in [0.4, 0.5) is 0 Å². The van der Waals surface area contributed by atoms with Crippen LogP contribution in [0.5, 0.6) is 0 Å². The van der Waals surface area contributed by atoms with Gasteiger partial charge in [0, 0.05) is 6.54 Å². The highest BCUT2D eigenvalue weighted by Gasteiger charge is 2.38. The Labute approximate surface area is 110 Å². The van der Waals surface area contributed by atoms with Crippen molar-refractivity contribution in [2.45, 2.75) is 25.8 Å². The average Bonchev–Trinajstić information content (AvgIpc) is 3.02. The van der Waals surface area contributed by atoms with Crippen LogP contribution in [0.2, 0.25) is 0 Å². The van der Waals surface area contributed by atoms with Gasteiger partial charge in [-0.05, 0) is 31.9 Å². The number of hydrogen-bond acceptors (Lipinski definition) is 3. The van der Waals surface area contributed by atoms with Gasteiger partial charge in [0.05, 0.1) is 17.3 Å². The summed E-state index contributed by atoms with van der Waals surface area (Å²) in [6.45, 7) is 2.74. The number of benzene rings is 1. The third kappa shape index (κ3) is 1.32. The van der Waals surface area contributed by atoms with Crippen LogP contribution in [0.1, 0.15) is 40.9 Å². The molecular formula is C14H14N4O. The molecule has 4 rings (SSSR count). The number of fused-ring (bicyclic) bond motifs is 5. The van der Waals surface area contributed by atoms with E-state index in [-0.39, 0.29) is 11.9 Å². The minimum absolute atomic E-state index is 0.0705. The van der Waals surface area contributed by atoms with Gasteiger partial charge in [-0.1, -0.05) is 12.1 Å². The summed E-state index contributed by atoms with van der Waals surface area (Å²) >= 11 is 0. The number of hydrogen-bond donors (Lipinski definition) is 0. The Hall–Kier alpha value is -2.17. The minimum atomic E-state index is 0.0705. The summed E-state index contributed by atoms with van der Waals surface area (Å²) in [5, 5.41) is 8.51. The third-order valence-corrected chi connectivity index (χ3v) is 4.04. The summed E-state index contributed by atoms with van der Waals surface area (Å²) in [5.74, 6) is 1.85. The van der Waals surface area contributed by atoms with Crippen molar-refractivity contribution in [1.82, 2.24) is 19.7 Å². The van der Waals surface area contributed by atoms with Gasteiger partial charge in [-0.25, -0.2) is 0 Å². The van der Waals surface area contributed by atoms with E-state index in [1.54, 1.807) is 0 Å². The lowest BCUT2D eigenvalue weighted by Gasteiger charge is -2.20. The summed E-state index contributed by atoms with van der Waals surface area (Å²) in [4.78, 5) is 14.6. The molecule has 1 fully saturated rings. The van der Waals surface area contributed by atoms with Crippen LogP contribution >= 0.6 is 0 Å². The fourth-order valence-electron chi connectivity index (χ4n) is 3.17. The van der Waals surface area contributed by atoms with Gasteiger partial charge >= 0.3 is 0 Å². The fourth-order valence-corrected chi connectivity index (χ4v) is 3.17. The molecule has 0 unspecified atom stereocenters. The lowest BCUT2D eigenvalue weighted by molar-refractivity contribution is 0.0735.